The van der Waals surface area contributed by atoms with Crippen LogP contribution in [-0.2, 0) is 0 Å². The largest absolute Gasteiger partial charge is 0.309 e. The Bertz CT molecular complexity index is 137. The van der Waals surface area contributed by atoms with Gasteiger partial charge in [0.05, 0.1) is 12.6 Å². The van der Waals surface area contributed by atoms with E-state index in [4.69, 9.17) is 5.26 Å². The molecule has 0 aromatic rings. The van der Waals surface area contributed by atoms with Crippen molar-refractivity contribution in [2.75, 3.05) is 40.3 Å². The van der Waals surface area contributed by atoms with Gasteiger partial charge in [0, 0.05) is 6.54 Å². The van der Waals surface area contributed by atoms with Crippen LogP contribution in [0.2, 0.25) is 0 Å². The molecule has 0 unspecified atom stereocenters. The fraction of sp³-hybridized carbons (Fsp3) is 0.889. The third kappa shape index (κ3) is 6.14. The first kappa shape index (κ1) is 11.4. The number of nitriles is 1. The molecular formula is C9H19N3. The average molecular weight is 169 g/mol. The highest BCUT2D eigenvalue weighted by atomic mass is 15.1. The van der Waals surface area contributed by atoms with E-state index in [0.717, 1.165) is 26.1 Å². The normalized spacial score (nSPS) is 10.7. The summed E-state index contributed by atoms with van der Waals surface area (Å²) in [6, 6.07) is 2.17. The molecule has 0 saturated heterocycles. The van der Waals surface area contributed by atoms with Gasteiger partial charge in [0.1, 0.15) is 0 Å². The molecule has 0 amide bonds. The van der Waals surface area contributed by atoms with Crippen molar-refractivity contribution in [3.63, 3.8) is 0 Å². The van der Waals surface area contributed by atoms with E-state index in [2.05, 4.69) is 36.9 Å². The van der Waals surface area contributed by atoms with E-state index in [9.17, 15) is 0 Å². The van der Waals surface area contributed by atoms with E-state index >= 15 is 0 Å². The average Bonchev–Trinajstić information content (AvgIpc) is 2.02. The standard InChI is InChI=1S/C9H19N3/c1-4-12(9-6-10)8-5-7-11(2)3/h4-5,7-9H2,1-3H3. The second-order valence-electron chi connectivity index (χ2n) is 3.18. The first-order valence-electron chi connectivity index (χ1n) is 4.44. The summed E-state index contributed by atoms with van der Waals surface area (Å²) < 4.78 is 0. The van der Waals surface area contributed by atoms with Gasteiger partial charge in [0.2, 0.25) is 0 Å². The van der Waals surface area contributed by atoms with Crippen LogP contribution in [0.3, 0.4) is 0 Å². The van der Waals surface area contributed by atoms with Crippen LogP contribution in [0.5, 0.6) is 0 Å². The van der Waals surface area contributed by atoms with Gasteiger partial charge < -0.3 is 4.90 Å². The zero-order chi connectivity index (χ0) is 9.40. The Labute approximate surface area is 75.6 Å². The smallest absolute Gasteiger partial charge is 0.0865 e. The predicted octanol–water partition coefficient (Wildman–Crippen LogP) is 0.784. The number of hydrogen-bond acceptors (Lipinski definition) is 3. The first-order valence-corrected chi connectivity index (χ1v) is 4.44. The topological polar surface area (TPSA) is 30.3 Å². The maximum Gasteiger partial charge on any atom is 0.0865 e. The van der Waals surface area contributed by atoms with Crippen molar-refractivity contribution in [2.45, 2.75) is 13.3 Å². The lowest BCUT2D eigenvalue weighted by Crippen LogP contribution is -2.27. The molecule has 12 heavy (non-hydrogen) atoms. The van der Waals surface area contributed by atoms with Crippen molar-refractivity contribution in [2.24, 2.45) is 0 Å². The van der Waals surface area contributed by atoms with Gasteiger partial charge in [-0.2, -0.15) is 5.26 Å². The second kappa shape index (κ2) is 7.08. The van der Waals surface area contributed by atoms with Crippen LogP contribution in [-0.4, -0.2) is 50.1 Å². The van der Waals surface area contributed by atoms with Crippen LogP contribution in [0.15, 0.2) is 0 Å². The third-order valence-electron chi connectivity index (χ3n) is 1.82. The van der Waals surface area contributed by atoms with E-state index in [-0.39, 0.29) is 0 Å². The molecule has 0 fully saturated rings. The molecule has 0 atom stereocenters. The lowest BCUT2D eigenvalue weighted by molar-refractivity contribution is 0.292. The van der Waals surface area contributed by atoms with Gasteiger partial charge in [-0.1, -0.05) is 6.92 Å². The number of nitrogens with zero attached hydrogens (tertiary/aromatic N) is 3. The summed E-state index contributed by atoms with van der Waals surface area (Å²) in [5.41, 5.74) is 0. The number of hydrogen-bond donors (Lipinski definition) is 0. The summed E-state index contributed by atoms with van der Waals surface area (Å²) in [5.74, 6) is 0. The van der Waals surface area contributed by atoms with Crippen molar-refractivity contribution in [3.05, 3.63) is 0 Å². The van der Waals surface area contributed by atoms with Gasteiger partial charge in [-0.25, -0.2) is 0 Å². The fourth-order valence-electron chi connectivity index (χ4n) is 1.06. The van der Waals surface area contributed by atoms with Gasteiger partial charge in [0.15, 0.2) is 0 Å². The van der Waals surface area contributed by atoms with E-state index in [1.807, 2.05) is 0 Å². The molecule has 0 radical (unpaired) electrons. The molecule has 0 aromatic heterocycles. The van der Waals surface area contributed by atoms with E-state index < -0.39 is 0 Å². The Morgan fingerprint density at radius 2 is 1.92 bits per heavy atom. The summed E-state index contributed by atoms with van der Waals surface area (Å²) in [7, 11) is 4.14. The van der Waals surface area contributed by atoms with Crippen molar-refractivity contribution in [1.82, 2.24) is 9.80 Å². The Morgan fingerprint density at radius 1 is 1.25 bits per heavy atom. The van der Waals surface area contributed by atoms with Gasteiger partial charge >= 0.3 is 0 Å². The summed E-state index contributed by atoms with van der Waals surface area (Å²) in [6.07, 6.45) is 1.14. The van der Waals surface area contributed by atoms with E-state index in [0.29, 0.717) is 6.54 Å². The molecule has 0 aliphatic heterocycles. The zero-order valence-electron chi connectivity index (χ0n) is 8.38. The second-order valence-corrected chi connectivity index (χ2v) is 3.18. The van der Waals surface area contributed by atoms with Crippen LogP contribution < -0.4 is 0 Å². The van der Waals surface area contributed by atoms with Crippen LogP contribution in [0.4, 0.5) is 0 Å². The molecule has 0 aliphatic carbocycles. The maximum absolute atomic E-state index is 8.47. The van der Waals surface area contributed by atoms with Gasteiger partial charge in [-0.15, -0.1) is 0 Å². The van der Waals surface area contributed by atoms with Crippen LogP contribution >= 0.6 is 0 Å². The minimum absolute atomic E-state index is 0.559. The van der Waals surface area contributed by atoms with Crippen molar-refractivity contribution >= 4 is 0 Å². The highest BCUT2D eigenvalue weighted by molar-refractivity contribution is 4.75. The molecule has 0 N–H and O–H groups in total. The zero-order valence-corrected chi connectivity index (χ0v) is 8.38. The van der Waals surface area contributed by atoms with Crippen molar-refractivity contribution < 1.29 is 0 Å². The molecular weight excluding hydrogens is 150 g/mol. The molecule has 3 heteroatoms. The monoisotopic (exact) mass is 169 g/mol. The Balaban J connectivity index is 3.39. The summed E-state index contributed by atoms with van der Waals surface area (Å²) in [6.45, 7) is 5.75. The van der Waals surface area contributed by atoms with Gasteiger partial charge in [-0.3, -0.25) is 4.90 Å². The molecule has 0 aromatic carbocycles. The van der Waals surface area contributed by atoms with Crippen LogP contribution in [0.25, 0.3) is 0 Å². The minimum Gasteiger partial charge on any atom is -0.309 e. The molecule has 0 rings (SSSR count). The quantitative estimate of drug-likeness (QED) is 0.551. The molecule has 70 valence electrons. The van der Waals surface area contributed by atoms with Crippen molar-refractivity contribution in [3.8, 4) is 6.07 Å². The first-order chi connectivity index (χ1) is 5.70. The molecule has 0 saturated carbocycles. The Kier molecular flexibility index (Phi) is 6.73. The molecule has 0 spiro atoms. The minimum atomic E-state index is 0.559. The third-order valence-corrected chi connectivity index (χ3v) is 1.82. The van der Waals surface area contributed by atoms with E-state index in [1.165, 1.54) is 0 Å². The lowest BCUT2D eigenvalue weighted by Gasteiger charge is -2.17. The Morgan fingerprint density at radius 3 is 2.33 bits per heavy atom. The SMILES string of the molecule is CCN(CC#N)CCCN(C)C. The van der Waals surface area contributed by atoms with Crippen molar-refractivity contribution in [1.29, 1.82) is 5.26 Å². The summed E-state index contributed by atoms with van der Waals surface area (Å²) in [5, 5.41) is 8.47. The van der Waals surface area contributed by atoms with E-state index in [1.54, 1.807) is 0 Å². The highest BCUT2D eigenvalue weighted by Gasteiger charge is 2.00. The maximum atomic E-state index is 8.47. The van der Waals surface area contributed by atoms with Crippen LogP contribution in [0, 0.1) is 11.3 Å². The highest BCUT2D eigenvalue weighted by Crippen LogP contribution is 1.91. The predicted molar refractivity (Wildman–Crippen MR) is 50.9 cm³/mol. The summed E-state index contributed by atoms with van der Waals surface area (Å²) in [4.78, 5) is 4.32. The lowest BCUT2D eigenvalue weighted by atomic mass is 10.3. The molecule has 3 nitrogen and oxygen atoms in total. The Hall–Kier alpha value is -0.590. The molecule has 0 bridgehead atoms. The van der Waals surface area contributed by atoms with Gasteiger partial charge in [0.25, 0.3) is 0 Å². The summed E-state index contributed by atoms with van der Waals surface area (Å²) >= 11 is 0. The fourth-order valence-corrected chi connectivity index (χ4v) is 1.06. The molecule has 0 heterocycles. The molecule has 0 aliphatic rings. The van der Waals surface area contributed by atoms with Gasteiger partial charge in [-0.05, 0) is 33.6 Å². The van der Waals surface area contributed by atoms with Crippen LogP contribution in [0.1, 0.15) is 13.3 Å². The number of rotatable bonds is 6.